The van der Waals surface area contributed by atoms with Crippen molar-refractivity contribution in [2.75, 3.05) is 14.2 Å². The van der Waals surface area contributed by atoms with E-state index in [1.54, 1.807) is 14.2 Å². The van der Waals surface area contributed by atoms with Crippen LogP contribution in [0.2, 0.25) is 0 Å². The molecule has 0 radical (unpaired) electrons. The van der Waals surface area contributed by atoms with Gasteiger partial charge in [0.2, 0.25) is 0 Å². The van der Waals surface area contributed by atoms with Crippen molar-refractivity contribution in [2.24, 2.45) is 21.9 Å². The average molecular weight is 495 g/mol. The van der Waals surface area contributed by atoms with Crippen LogP contribution in [0, 0.1) is 11.8 Å². The first-order valence-electron chi connectivity index (χ1n) is 13.4. The van der Waals surface area contributed by atoms with Crippen LogP contribution in [0.15, 0.2) is 40.0 Å². The highest BCUT2D eigenvalue weighted by atomic mass is 16.5. The fraction of sp³-hybridized carbons (Fsp3) is 0.607. The molecule has 0 spiro atoms. The molecule has 0 aromatic carbocycles. The number of hydrogen-bond donors (Lipinski definition) is 0. The van der Waals surface area contributed by atoms with Crippen LogP contribution in [-0.2, 0) is 22.5 Å². The number of carbonyl (C=O) groups excluding carboxylic acids is 1. The van der Waals surface area contributed by atoms with Gasteiger partial charge in [-0.1, -0.05) is 41.2 Å². The second-order valence-corrected chi connectivity index (χ2v) is 9.26. The van der Waals surface area contributed by atoms with Crippen molar-refractivity contribution < 1.29 is 9.53 Å². The summed E-state index contributed by atoms with van der Waals surface area (Å²) in [6.45, 7) is 15.6. The molecule has 8 heteroatoms. The maximum absolute atomic E-state index is 12.2. The molecule has 0 saturated carbocycles. The van der Waals surface area contributed by atoms with E-state index in [9.17, 15) is 4.79 Å². The summed E-state index contributed by atoms with van der Waals surface area (Å²) in [5.74, 6) is 2.50. The van der Waals surface area contributed by atoms with Crippen molar-refractivity contribution in [1.29, 1.82) is 0 Å². The molecule has 4 heterocycles. The fourth-order valence-electron chi connectivity index (χ4n) is 5.16. The van der Waals surface area contributed by atoms with Crippen molar-refractivity contribution in [3.63, 3.8) is 0 Å². The van der Waals surface area contributed by atoms with Crippen molar-refractivity contribution in [3.05, 3.63) is 41.5 Å². The number of rotatable bonds is 4. The molecule has 36 heavy (non-hydrogen) atoms. The van der Waals surface area contributed by atoms with Gasteiger partial charge in [0, 0.05) is 38.9 Å². The number of aromatic nitrogens is 3. The molecule has 4 aliphatic rings. The third-order valence-electron chi connectivity index (χ3n) is 7.03. The molecular weight excluding hydrogens is 452 g/mol. The number of methoxy groups -OCH3 is 1. The van der Waals surface area contributed by atoms with Crippen LogP contribution in [-0.4, -0.2) is 63.9 Å². The second-order valence-electron chi connectivity index (χ2n) is 9.26. The van der Waals surface area contributed by atoms with Gasteiger partial charge in [0.15, 0.2) is 5.82 Å². The first-order chi connectivity index (χ1) is 17.5. The minimum Gasteiger partial charge on any atom is -0.375 e. The Labute approximate surface area is 215 Å². The molecule has 4 unspecified atom stereocenters. The molecule has 4 atom stereocenters. The maximum Gasteiger partial charge on any atom is 0.251 e. The van der Waals surface area contributed by atoms with E-state index in [2.05, 4.69) is 39.4 Å². The Bertz CT molecular complexity index is 1080. The largest absolute Gasteiger partial charge is 0.375 e. The van der Waals surface area contributed by atoms with Gasteiger partial charge >= 0.3 is 0 Å². The predicted molar refractivity (Wildman–Crippen MR) is 146 cm³/mol. The lowest BCUT2D eigenvalue weighted by molar-refractivity contribution is -0.130. The van der Waals surface area contributed by atoms with Crippen molar-refractivity contribution >= 4 is 23.4 Å². The van der Waals surface area contributed by atoms with E-state index in [-0.39, 0.29) is 24.0 Å². The molecule has 1 aromatic rings. The number of hydrogen-bond acceptors (Lipinski definition) is 6. The number of allylic oxidation sites excluding steroid dienone is 2. The van der Waals surface area contributed by atoms with Crippen LogP contribution in [0.4, 0.5) is 0 Å². The molecule has 8 nitrogen and oxygen atoms in total. The molecule has 0 bridgehead atoms. The van der Waals surface area contributed by atoms with Gasteiger partial charge < -0.3 is 9.30 Å². The van der Waals surface area contributed by atoms with Crippen LogP contribution in [0.5, 0.6) is 0 Å². The molecule has 3 aliphatic heterocycles. The molecule has 1 aromatic heterocycles. The van der Waals surface area contributed by atoms with Gasteiger partial charge in [-0.05, 0) is 54.9 Å². The predicted octanol–water partition coefficient (Wildman–Crippen LogP) is 4.87. The van der Waals surface area contributed by atoms with Gasteiger partial charge in [-0.15, -0.1) is 10.2 Å². The van der Waals surface area contributed by atoms with Gasteiger partial charge in [0.05, 0.1) is 11.6 Å². The number of nitrogens with zero attached hydrogens (tertiary/aromatic N) is 6. The highest BCUT2D eigenvalue weighted by molar-refractivity contribution is 6.14. The number of amides is 1. The Morgan fingerprint density at radius 2 is 1.92 bits per heavy atom. The molecule has 196 valence electrons. The number of ether oxygens (including phenoxy) is 1. The summed E-state index contributed by atoms with van der Waals surface area (Å²) >= 11 is 0. The molecule has 0 saturated heterocycles. The van der Waals surface area contributed by atoms with Crippen LogP contribution in [0.3, 0.4) is 0 Å². The van der Waals surface area contributed by atoms with E-state index in [0.29, 0.717) is 5.92 Å². The fourth-order valence-corrected chi connectivity index (χ4v) is 5.16. The lowest BCUT2D eigenvalue weighted by Crippen LogP contribution is -2.32. The minimum atomic E-state index is -0.242. The van der Waals surface area contributed by atoms with Gasteiger partial charge in [0.25, 0.3) is 5.91 Å². The summed E-state index contributed by atoms with van der Waals surface area (Å²) < 4.78 is 8.06. The van der Waals surface area contributed by atoms with E-state index in [0.717, 1.165) is 66.3 Å². The van der Waals surface area contributed by atoms with Gasteiger partial charge in [-0.3, -0.25) is 9.79 Å². The molecule has 1 amide bonds. The highest BCUT2D eigenvalue weighted by Gasteiger charge is 2.37. The zero-order valence-corrected chi connectivity index (χ0v) is 23.0. The summed E-state index contributed by atoms with van der Waals surface area (Å²) in [7, 11) is 3.41. The quantitative estimate of drug-likeness (QED) is 0.597. The lowest BCUT2D eigenvalue weighted by Gasteiger charge is -2.29. The molecule has 1 aliphatic carbocycles. The van der Waals surface area contributed by atoms with Gasteiger partial charge in [0.1, 0.15) is 18.0 Å². The van der Waals surface area contributed by atoms with Gasteiger partial charge in [-0.2, -0.15) is 5.10 Å². The van der Waals surface area contributed by atoms with Crippen molar-refractivity contribution in [2.45, 2.75) is 85.4 Å². The minimum absolute atomic E-state index is 0.0702. The monoisotopic (exact) mass is 494 g/mol. The zero-order chi connectivity index (χ0) is 26.4. The Hall–Kier alpha value is -2.87. The summed E-state index contributed by atoms with van der Waals surface area (Å²) in [5, 5.41) is 14.8. The number of hydrazone groups is 1. The van der Waals surface area contributed by atoms with E-state index < -0.39 is 0 Å². The number of aliphatic imine (C=N–C) groups is 1. The van der Waals surface area contributed by atoms with Crippen LogP contribution in [0.1, 0.15) is 72.0 Å². The topological polar surface area (TPSA) is 85.0 Å². The summed E-state index contributed by atoms with van der Waals surface area (Å²) in [6, 6.07) is -0.214. The Morgan fingerprint density at radius 3 is 2.64 bits per heavy atom. The Balaban J connectivity index is 0.000000861. The van der Waals surface area contributed by atoms with Crippen LogP contribution < -0.4 is 0 Å². The number of fused-ring (bicyclic) bond motifs is 2. The standard InChI is InChI=1S/C24H30N6O2.2C2H6/c1-14-6-5-9-30-21(10-14)26-27-23(30)17-12-20(32-4)22(25-13-17)15(2)16-7-8-18-19(11-16)28-29(3)24(18)31;2*1-2/h11-14,18,20,22H,2,5-10H2,1,3-4H3;2*1-2H3. The highest BCUT2D eigenvalue weighted by Crippen LogP contribution is 2.35. The van der Waals surface area contributed by atoms with Crippen LogP contribution in [0.25, 0.3) is 5.57 Å². The molecule has 0 N–H and O–H groups in total. The average Bonchev–Trinajstić information content (AvgIpc) is 3.37. The SMILES string of the molecule is C=C(C1=CC2=NN(C)C(=O)C2CC1)C1N=CC(c2nnc3n2CCCC(C)C3)=CC1OC.CC.CC. The number of dihydropyridines is 1. The lowest BCUT2D eigenvalue weighted by atomic mass is 9.82. The normalized spacial score (nSPS) is 26.7. The van der Waals surface area contributed by atoms with E-state index in [1.807, 2.05) is 40.0 Å². The Kier molecular flexibility index (Phi) is 9.54. The second kappa shape index (κ2) is 12.4. The van der Waals surface area contributed by atoms with E-state index in [1.165, 1.54) is 11.4 Å². The van der Waals surface area contributed by atoms with Crippen molar-refractivity contribution in [3.8, 4) is 0 Å². The zero-order valence-electron chi connectivity index (χ0n) is 23.0. The summed E-state index contributed by atoms with van der Waals surface area (Å²) in [4.78, 5) is 17.0. The van der Waals surface area contributed by atoms with Crippen molar-refractivity contribution in [1.82, 2.24) is 19.8 Å². The summed E-state index contributed by atoms with van der Waals surface area (Å²) in [6.07, 6.45) is 10.6. The smallest absolute Gasteiger partial charge is 0.251 e. The number of carbonyl (C=O) groups is 1. The van der Waals surface area contributed by atoms with E-state index >= 15 is 0 Å². The molecular formula is C28H42N6O2. The third kappa shape index (κ3) is 5.43. The first-order valence-corrected chi connectivity index (χ1v) is 13.4. The molecule has 5 rings (SSSR count). The summed E-state index contributed by atoms with van der Waals surface area (Å²) in [5.41, 5.74) is 3.78. The van der Waals surface area contributed by atoms with Gasteiger partial charge in [-0.25, -0.2) is 5.01 Å². The maximum atomic E-state index is 12.2. The Morgan fingerprint density at radius 1 is 1.17 bits per heavy atom. The van der Waals surface area contributed by atoms with Crippen LogP contribution >= 0.6 is 0 Å². The molecule has 0 fully saturated rings. The first kappa shape index (κ1) is 27.7. The van der Waals surface area contributed by atoms with E-state index in [4.69, 9.17) is 9.73 Å². The third-order valence-corrected chi connectivity index (χ3v) is 7.03.